The van der Waals surface area contributed by atoms with Gasteiger partial charge in [-0.2, -0.15) is 0 Å². The molecule has 0 amide bonds. The lowest BCUT2D eigenvalue weighted by Gasteiger charge is -2.20. The number of sulfonamides is 1. The summed E-state index contributed by atoms with van der Waals surface area (Å²) in [7, 11) is -4.07. The average Bonchev–Trinajstić information content (AvgIpc) is 2.58. The number of rotatable bonds is 8. The first-order valence-corrected chi connectivity index (χ1v) is 9.59. The van der Waals surface area contributed by atoms with E-state index in [9.17, 15) is 17.2 Å². The van der Waals surface area contributed by atoms with Crippen molar-refractivity contribution in [1.82, 2.24) is 9.62 Å². The molecule has 0 atom stereocenters. The normalized spacial score (nSPS) is 11.9. The summed E-state index contributed by atoms with van der Waals surface area (Å²) in [4.78, 5) is 1.66. The van der Waals surface area contributed by atoms with Crippen LogP contribution in [0, 0.1) is 11.6 Å². The highest BCUT2D eigenvalue weighted by atomic mass is 32.2. The summed E-state index contributed by atoms with van der Waals surface area (Å²) in [5, 5.41) is 0. The van der Waals surface area contributed by atoms with Crippen molar-refractivity contribution < 1.29 is 17.2 Å². The Morgan fingerprint density at radius 1 is 1.00 bits per heavy atom. The van der Waals surface area contributed by atoms with Crippen LogP contribution in [0.25, 0.3) is 0 Å². The van der Waals surface area contributed by atoms with E-state index in [0.717, 1.165) is 36.3 Å². The van der Waals surface area contributed by atoms with Crippen molar-refractivity contribution in [3.05, 3.63) is 65.2 Å². The molecular formula is C18H22F2N2O2S. The van der Waals surface area contributed by atoms with Crippen LogP contribution >= 0.6 is 0 Å². The Labute approximate surface area is 147 Å². The van der Waals surface area contributed by atoms with Gasteiger partial charge in [0.25, 0.3) is 0 Å². The number of hydrogen-bond donors (Lipinski definition) is 1. The molecule has 0 aromatic heterocycles. The van der Waals surface area contributed by atoms with Gasteiger partial charge >= 0.3 is 0 Å². The third kappa shape index (κ3) is 5.07. The van der Waals surface area contributed by atoms with E-state index in [1.807, 2.05) is 24.3 Å². The van der Waals surface area contributed by atoms with Gasteiger partial charge in [0.05, 0.1) is 0 Å². The zero-order valence-electron chi connectivity index (χ0n) is 14.3. The van der Waals surface area contributed by atoms with Crippen LogP contribution in [0.3, 0.4) is 0 Å². The van der Waals surface area contributed by atoms with Gasteiger partial charge in [-0.25, -0.2) is 21.9 Å². The maximum absolute atomic E-state index is 13.7. The minimum atomic E-state index is -4.07. The van der Waals surface area contributed by atoms with E-state index in [4.69, 9.17) is 0 Å². The third-order valence-electron chi connectivity index (χ3n) is 4.04. The second kappa shape index (κ2) is 8.51. The van der Waals surface area contributed by atoms with Crippen LogP contribution in [0.4, 0.5) is 8.78 Å². The van der Waals surface area contributed by atoms with Crippen molar-refractivity contribution in [3.8, 4) is 0 Å². The van der Waals surface area contributed by atoms with Gasteiger partial charge in [0, 0.05) is 19.2 Å². The highest BCUT2D eigenvalue weighted by molar-refractivity contribution is 7.89. The first-order valence-electron chi connectivity index (χ1n) is 8.11. The minimum absolute atomic E-state index is 0.0383. The number of nitrogens with zero attached hydrogens (tertiary/aromatic N) is 1. The van der Waals surface area contributed by atoms with Crippen molar-refractivity contribution in [2.45, 2.75) is 31.8 Å². The molecule has 0 aliphatic heterocycles. The predicted molar refractivity (Wildman–Crippen MR) is 93.5 cm³/mol. The quantitative estimate of drug-likeness (QED) is 0.778. The van der Waals surface area contributed by atoms with E-state index in [1.165, 1.54) is 0 Å². The monoisotopic (exact) mass is 368 g/mol. The van der Waals surface area contributed by atoms with Crippen LogP contribution in [0.1, 0.15) is 25.0 Å². The second-order valence-electron chi connectivity index (χ2n) is 5.63. The molecule has 4 nitrogen and oxygen atoms in total. The summed E-state index contributed by atoms with van der Waals surface area (Å²) in [6, 6.07) is 9.91. The standard InChI is InChI=1S/C18H22F2N2O2S/c1-3-22(4-2)13-15-8-6-5-7-14(15)12-21-25(23,24)18-10-9-16(19)11-17(18)20/h5-11,21H,3-4,12-13H2,1-2H3. The Morgan fingerprint density at radius 3 is 2.24 bits per heavy atom. The van der Waals surface area contributed by atoms with Gasteiger partial charge < -0.3 is 0 Å². The molecule has 136 valence electrons. The van der Waals surface area contributed by atoms with Gasteiger partial charge in [0.2, 0.25) is 10.0 Å². The van der Waals surface area contributed by atoms with Crippen LogP contribution in [0.5, 0.6) is 0 Å². The first-order chi connectivity index (χ1) is 11.9. The Kier molecular flexibility index (Phi) is 6.64. The molecule has 1 N–H and O–H groups in total. The zero-order valence-corrected chi connectivity index (χ0v) is 15.1. The van der Waals surface area contributed by atoms with Gasteiger partial charge in [0.15, 0.2) is 0 Å². The van der Waals surface area contributed by atoms with Gasteiger partial charge in [-0.05, 0) is 36.3 Å². The average molecular weight is 368 g/mol. The Bertz CT molecular complexity index is 822. The zero-order chi connectivity index (χ0) is 18.4. The first kappa shape index (κ1) is 19.5. The molecule has 0 bridgehead atoms. The van der Waals surface area contributed by atoms with Gasteiger partial charge in [-0.3, -0.25) is 4.90 Å². The van der Waals surface area contributed by atoms with Crippen LogP contribution < -0.4 is 4.72 Å². The molecular weight excluding hydrogens is 346 g/mol. The molecule has 0 saturated heterocycles. The second-order valence-corrected chi connectivity index (χ2v) is 7.36. The van der Waals surface area contributed by atoms with E-state index in [-0.39, 0.29) is 6.54 Å². The molecule has 0 spiro atoms. The van der Waals surface area contributed by atoms with Gasteiger partial charge in [-0.15, -0.1) is 0 Å². The maximum Gasteiger partial charge on any atom is 0.243 e. The third-order valence-corrected chi connectivity index (χ3v) is 5.48. The molecule has 0 heterocycles. The molecule has 0 saturated carbocycles. The Hall–Kier alpha value is -1.83. The molecule has 0 unspecified atom stereocenters. The van der Waals surface area contributed by atoms with Crippen LogP contribution in [0.2, 0.25) is 0 Å². The summed E-state index contributed by atoms with van der Waals surface area (Å²) >= 11 is 0. The largest absolute Gasteiger partial charge is 0.300 e. The Balaban J connectivity index is 2.18. The summed E-state index contributed by atoms with van der Waals surface area (Å²) in [6.45, 7) is 6.64. The summed E-state index contributed by atoms with van der Waals surface area (Å²) < 4.78 is 53.7. The topological polar surface area (TPSA) is 49.4 Å². The van der Waals surface area contributed by atoms with E-state index in [0.29, 0.717) is 12.6 Å². The van der Waals surface area contributed by atoms with Crippen molar-refractivity contribution in [3.63, 3.8) is 0 Å². The molecule has 0 aliphatic carbocycles. The molecule has 0 fully saturated rings. The lowest BCUT2D eigenvalue weighted by Crippen LogP contribution is -2.26. The van der Waals surface area contributed by atoms with Crippen LogP contribution in [-0.4, -0.2) is 26.4 Å². The number of hydrogen-bond acceptors (Lipinski definition) is 3. The van der Waals surface area contributed by atoms with Gasteiger partial charge in [-0.1, -0.05) is 38.1 Å². The molecule has 25 heavy (non-hydrogen) atoms. The minimum Gasteiger partial charge on any atom is -0.300 e. The SMILES string of the molecule is CCN(CC)Cc1ccccc1CNS(=O)(=O)c1ccc(F)cc1F. The highest BCUT2D eigenvalue weighted by Gasteiger charge is 2.19. The predicted octanol–water partition coefficient (Wildman–Crippen LogP) is 3.29. The van der Waals surface area contributed by atoms with Crippen molar-refractivity contribution >= 4 is 10.0 Å². The molecule has 2 aromatic carbocycles. The van der Waals surface area contributed by atoms with Crippen LogP contribution in [0.15, 0.2) is 47.4 Å². The van der Waals surface area contributed by atoms with Gasteiger partial charge in [0.1, 0.15) is 16.5 Å². The summed E-state index contributed by atoms with van der Waals surface area (Å²) in [6.07, 6.45) is 0. The molecule has 0 radical (unpaired) electrons. The maximum atomic E-state index is 13.7. The lowest BCUT2D eigenvalue weighted by molar-refractivity contribution is 0.295. The van der Waals surface area contributed by atoms with E-state index >= 15 is 0 Å². The van der Waals surface area contributed by atoms with Crippen LogP contribution in [-0.2, 0) is 23.1 Å². The lowest BCUT2D eigenvalue weighted by atomic mass is 10.1. The van der Waals surface area contributed by atoms with E-state index in [2.05, 4.69) is 23.5 Å². The van der Waals surface area contributed by atoms with Crippen molar-refractivity contribution in [1.29, 1.82) is 0 Å². The van der Waals surface area contributed by atoms with Crippen molar-refractivity contribution in [2.75, 3.05) is 13.1 Å². The molecule has 0 aliphatic rings. The van der Waals surface area contributed by atoms with Crippen molar-refractivity contribution in [2.24, 2.45) is 0 Å². The molecule has 2 aromatic rings. The van der Waals surface area contributed by atoms with E-state index < -0.39 is 26.6 Å². The number of nitrogens with one attached hydrogen (secondary N) is 1. The molecule has 2 rings (SSSR count). The fraction of sp³-hybridized carbons (Fsp3) is 0.333. The fourth-order valence-electron chi connectivity index (χ4n) is 2.52. The summed E-state index contributed by atoms with van der Waals surface area (Å²) in [5.74, 6) is -1.93. The van der Waals surface area contributed by atoms with E-state index in [1.54, 1.807) is 0 Å². The Morgan fingerprint density at radius 2 is 1.64 bits per heavy atom. The molecule has 7 heteroatoms. The smallest absolute Gasteiger partial charge is 0.243 e. The number of benzene rings is 2. The summed E-state index contributed by atoms with van der Waals surface area (Å²) in [5.41, 5.74) is 1.83. The highest BCUT2D eigenvalue weighted by Crippen LogP contribution is 2.17. The number of halogens is 2. The fourth-order valence-corrected chi connectivity index (χ4v) is 3.58.